The molecule has 0 saturated heterocycles. The van der Waals surface area contributed by atoms with Crippen molar-refractivity contribution in [2.75, 3.05) is 20.6 Å². The smallest absolute Gasteiger partial charge is 0.275 e. The highest BCUT2D eigenvalue weighted by atomic mass is 16.3. The lowest BCUT2D eigenvalue weighted by Crippen LogP contribution is -2.38. The first kappa shape index (κ1) is 17.9. The maximum Gasteiger partial charge on any atom is 0.275 e. The molecule has 2 aromatic heterocycles. The predicted molar refractivity (Wildman–Crippen MR) is 98.9 cm³/mol. The quantitative estimate of drug-likeness (QED) is 0.729. The van der Waals surface area contributed by atoms with Crippen LogP contribution in [0.25, 0.3) is 10.8 Å². The molecule has 7 nitrogen and oxygen atoms in total. The van der Waals surface area contributed by atoms with Gasteiger partial charge in [-0.25, -0.2) is 4.68 Å². The number of hydrogen-bond donors (Lipinski definition) is 1. The van der Waals surface area contributed by atoms with Crippen LogP contribution in [0.2, 0.25) is 0 Å². The molecule has 7 heteroatoms. The Hall–Kier alpha value is -2.93. The average Bonchev–Trinajstić information content (AvgIpc) is 3.13. The van der Waals surface area contributed by atoms with Crippen LogP contribution in [0.3, 0.4) is 0 Å². The molecule has 1 N–H and O–H groups in total. The second-order valence-electron chi connectivity index (χ2n) is 6.39. The summed E-state index contributed by atoms with van der Waals surface area (Å²) in [5, 5.41) is 8.49. The van der Waals surface area contributed by atoms with Crippen molar-refractivity contribution in [3.63, 3.8) is 0 Å². The maximum atomic E-state index is 12.5. The van der Waals surface area contributed by atoms with Crippen molar-refractivity contribution in [2.24, 2.45) is 0 Å². The van der Waals surface area contributed by atoms with Gasteiger partial charge in [0.15, 0.2) is 0 Å². The highest BCUT2D eigenvalue weighted by Gasteiger charge is 2.18. The SMILES string of the molecule is Cc1nn(CC(=O)NCC(c2ccco2)N(C)C)c(=O)c2ccccc12. The predicted octanol–water partition coefficient (Wildman–Crippen LogP) is 1.72. The van der Waals surface area contributed by atoms with E-state index in [0.29, 0.717) is 11.9 Å². The summed E-state index contributed by atoms with van der Waals surface area (Å²) >= 11 is 0. The largest absolute Gasteiger partial charge is 0.468 e. The normalized spacial score (nSPS) is 12.5. The molecule has 1 atom stereocenters. The summed E-state index contributed by atoms with van der Waals surface area (Å²) in [5.74, 6) is 0.500. The Morgan fingerprint density at radius 2 is 1.96 bits per heavy atom. The van der Waals surface area contributed by atoms with Crippen molar-refractivity contribution in [3.8, 4) is 0 Å². The number of carbonyl (C=O) groups is 1. The molecule has 0 bridgehead atoms. The Bertz CT molecular complexity index is 961. The molecule has 2 heterocycles. The highest BCUT2D eigenvalue weighted by Crippen LogP contribution is 2.17. The number of aryl methyl sites for hydroxylation is 1. The third kappa shape index (κ3) is 3.67. The molecule has 0 saturated carbocycles. The first-order valence-corrected chi connectivity index (χ1v) is 8.40. The Labute approximate surface area is 151 Å². The van der Waals surface area contributed by atoms with E-state index in [4.69, 9.17) is 4.42 Å². The van der Waals surface area contributed by atoms with Crippen LogP contribution in [0.1, 0.15) is 17.5 Å². The number of likely N-dealkylation sites (N-methyl/N-ethyl adjacent to an activating group) is 1. The van der Waals surface area contributed by atoms with Gasteiger partial charge >= 0.3 is 0 Å². The van der Waals surface area contributed by atoms with Crippen molar-refractivity contribution < 1.29 is 9.21 Å². The molecule has 0 spiro atoms. The molecule has 0 aliphatic carbocycles. The molecule has 1 amide bonds. The third-order valence-corrected chi connectivity index (χ3v) is 4.33. The van der Waals surface area contributed by atoms with Gasteiger partial charge in [-0.05, 0) is 39.2 Å². The average molecular weight is 354 g/mol. The van der Waals surface area contributed by atoms with Gasteiger partial charge in [-0.15, -0.1) is 0 Å². The molecule has 26 heavy (non-hydrogen) atoms. The van der Waals surface area contributed by atoms with E-state index in [1.165, 1.54) is 4.68 Å². The van der Waals surface area contributed by atoms with E-state index in [9.17, 15) is 9.59 Å². The molecule has 0 fully saturated rings. The fourth-order valence-electron chi connectivity index (χ4n) is 2.93. The lowest BCUT2D eigenvalue weighted by Gasteiger charge is -2.22. The summed E-state index contributed by atoms with van der Waals surface area (Å²) in [6.45, 7) is 2.08. The molecular formula is C19H22N4O3. The fraction of sp³-hybridized carbons (Fsp3) is 0.316. The highest BCUT2D eigenvalue weighted by molar-refractivity contribution is 5.83. The van der Waals surface area contributed by atoms with E-state index in [0.717, 1.165) is 16.8 Å². The van der Waals surface area contributed by atoms with Gasteiger partial charge in [-0.3, -0.25) is 14.5 Å². The molecule has 1 aromatic carbocycles. The molecular weight excluding hydrogens is 332 g/mol. The Balaban J connectivity index is 1.73. The van der Waals surface area contributed by atoms with E-state index in [1.54, 1.807) is 18.4 Å². The van der Waals surface area contributed by atoms with Gasteiger partial charge in [0.1, 0.15) is 12.3 Å². The monoisotopic (exact) mass is 354 g/mol. The number of carbonyl (C=O) groups excluding carboxylic acids is 1. The third-order valence-electron chi connectivity index (χ3n) is 4.33. The summed E-state index contributed by atoms with van der Waals surface area (Å²) in [5.41, 5.74) is 0.450. The van der Waals surface area contributed by atoms with Gasteiger partial charge in [-0.2, -0.15) is 5.10 Å². The lowest BCUT2D eigenvalue weighted by molar-refractivity contribution is -0.122. The van der Waals surface area contributed by atoms with Crippen molar-refractivity contribution in [1.82, 2.24) is 20.0 Å². The summed E-state index contributed by atoms with van der Waals surface area (Å²) in [4.78, 5) is 26.9. The van der Waals surface area contributed by atoms with Gasteiger partial charge in [0.2, 0.25) is 5.91 Å². The Morgan fingerprint density at radius 3 is 2.62 bits per heavy atom. The van der Waals surface area contributed by atoms with Crippen LogP contribution < -0.4 is 10.9 Å². The molecule has 0 radical (unpaired) electrons. The van der Waals surface area contributed by atoms with Crippen molar-refractivity contribution >= 4 is 16.7 Å². The lowest BCUT2D eigenvalue weighted by atomic mass is 10.1. The van der Waals surface area contributed by atoms with Crippen LogP contribution in [0.15, 0.2) is 51.9 Å². The number of fused-ring (bicyclic) bond motifs is 1. The Kier molecular flexibility index (Phi) is 5.18. The second kappa shape index (κ2) is 7.53. The van der Waals surface area contributed by atoms with E-state index in [2.05, 4.69) is 10.4 Å². The van der Waals surface area contributed by atoms with Crippen LogP contribution in [0.4, 0.5) is 0 Å². The number of aromatic nitrogens is 2. The van der Waals surface area contributed by atoms with Crippen LogP contribution >= 0.6 is 0 Å². The number of benzene rings is 1. The zero-order valence-electron chi connectivity index (χ0n) is 15.1. The van der Waals surface area contributed by atoms with Crippen molar-refractivity contribution in [3.05, 3.63) is 64.5 Å². The van der Waals surface area contributed by atoms with Crippen LogP contribution in [0.5, 0.6) is 0 Å². The first-order chi connectivity index (χ1) is 12.5. The zero-order valence-corrected chi connectivity index (χ0v) is 15.1. The molecule has 0 aliphatic rings. The minimum Gasteiger partial charge on any atom is -0.468 e. The van der Waals surface area contributed by atoms with Gasteiger partial charge in [0, 0.05) is 11.9 Å². The maximum absolute atomic E-state index is 12.5. The minimum absolute atomic E-state index is 0.0861. The van der Waals surface area contributed by atoms with Crippen LogP contribution in [0, 0.1) is 6.92 Å². The topological polar surface area (TPSA) is 80.4 Å². The number of furan rings is 1. The molecule has 136 valence electrons. The fourth-order valence-corrected chi connectivity index (χ4v) is 2.93. The van der Waals surface area contributed by atoms with Crippen LogP contribution in [-0.4, -0.2) is 41.2 Å². The van der Waals surface area contributed by atoms with Crippen molar-refractivity contribution in [1.29, 1.82) is 0 Å². The summed E-state index contributed by atoms with van der Waals surface area (Å²) < 4.78 is 6.64. The van der Waals surface area contributed by atoms with Crippen LogP contribution in [-0.2, 0) is 11.3 Å². The van der Waals surface area contributed by atoms with Gasteiger partial charge in [-0.1, -0.05) is 18.2 Å². The minimum atomic E-state index is -0.271. The molecule has 3 aromatic rings. The summed E-state index contributed by atoms with van der Waals surface area (Å²) in [6.07, 6.45) is 1.61. The van der Waals surface area contributed by atoms with Gasteiger partial charge < -0.3 is 9.73 Å². The number of nitrogens with one attached hydrogen (secondary N) is 1. The summed E-state index contributed by atoms with van der Waals surface area (Å²) in [6, 6.07) is 10.9. The number of rotatable bonds is 6. The second-order valence-corrected chi connectivity index (χ2v) is 6.39. The summed E-state index contributed by atoms with van der Waals surface area (Å²) in [7, 11) is 3.83. The molecule has 1 unspecified atom stereocenters. The van der Waals surface area contributed by atoms with Crippen molar-refractivity contribution in [2.45, 2.75) is 19.5 Å². The van der Waals surface area contributed by atoms with Gasteiger partial charge in [0.25, 0.3) is 5.56 Å². The number of hydrogen-bond acceptors (Lipinski definition) is 5. The first-order valence-electron chi connectivity index (χ1n) is 8.40. The molecule has 0 aliphatic heterocycles. The molecule has 3 rings (SSSR count). The number of amides is 1. The van der Waals surface area contributed by atoms with E-state index < -0.39 is 0 Å². The van der Waals surface area contributed by atoms with E-state index in [1.807, 2.05) is 50.2 Å². The van der Waals surface area contributed by atoms with E-state index in [-0.39, 0.29) is 24.1 Å². The van der Waals surface area contributed by atoms with E-state index >= 15 is 0 Å². The standard InChI is InChI=1S/C19H22N4O3/c1-13-14-7-4-5-8-15(14)19(25)23(21-13)12-18(24)20-11-16(22(2)3)17-9-6-10-26-17/h4-10,16H,11-12H2,1-3H3,(H,20,24). The van der Waals surface area contributed by atoms with Gasteiger partial charge in [0.05, 0.1) is 23.4 Å². The number of nitrogens with zero attached hydrogens (tertiary/aromatic N) is 3. The zero-order chi connectivity index (χ0) is 18.7. The Morgan fingerprint density at radius 1 is 1.23 bits per heavy atom.